The fourth-order valence-electron chi connectivity index (χ4n) is 2.30. The molecule has 5 heteroatoms. The van der Waals surface area contributed by atoms with Gasteiger partial charge >= 0.3 is 5.97 Å². The van der Waals surface area contributed by atoms with Crippen LogP contribution in [0.3, 0.4) is 0 Å². The number of anilines is 1. The van der Waals surface area contributed by atoms with Crippen molar-refractivity contribution < 1.29 is 13.9 Å². The number of rotatable bonds is 3. The molecule has 0 aromatic heterocycles. The summed E-state index contributed by atoms with van der Waals surface area (Å²) in [6.45, 7) is 1.97. The second-order valence-corrected chi connectivity index (χ2v) is 4.70. The number of hydrogen-bond donors (Lipinski definition) is 2. The zero-order valence-corrected chi connectivity index (χ0v) is 11.0. The SMILES string of the molecule is COC(=O)c1cc(F)ccc1NC1CCCNCC1. The largest absolute Gasteiger partial charge is 0.465 e. The van der Waals surface area contributed by atoms with Crippen LogP contribution in [0.5, 0.6) is 0 Å². The van der Waals surface area contributed by atoms with Crippen molar-refractivity contribution in [3.8, 4) is 0 Å². The van der Waals surface area contributed by atoms with Crippen molar-refractivity contribution in [1.82, 2.24) is 5.32 Å². The van der Waals surface area contributed by atoms with Crippen LogP contribution in [-0.2, 0) is 4.74 Å². The second-order valence-electron chi connectivity index (χ2n) is 4.70. The van der Waals surface area contributed by atoms with Crippen LogP contribution < -0.4 is 10.6 Å². The molecule has 1 aromatic rings. The number of ether oxygens (including phenoxy) is 1. The van der Waals surface area contributed by atoms with Crippen molar-refractivity contribution in [3.63, 3.8) is 0 Å². The van der Waals surface area contributed by atoms with Gasteiger partial charge in [-0.1, -0.05) is 0 Å². The number of esters is 1. The Morgan fingerprint density at radius 1 is 1.42 bits per heavy atom. The third-order valence-corrected chi connectivity index (χ3v) is 3.32. The fraction of sp³-hybridized carbons (Fsp3) is 0.500. The van der Waals surface area contributed by atoms with Gasteiger partial charge in [-0.2, -0.15) is 0 Å². The monoisotopic (exact) mass is 266 g/mol. The summed E-state index contributed by atoms with van der Waals surface area (Å²) < 4.78 is 17.9. The van der Waals surface area contributed by atoms with Gasteiger partial charge < -0.3 is 15.4 Å². The van der Waals surface area contributed by atoms with E-state index in [4.69, 9.17) is 0 Å². The molecule has 1 aliphatic rings. The normalized spacial score (nSPS) is 19.6. The average molecular weight is 266 g/mol. The van der Waals surface area contributed by atoms with Crippen LogP contribution in [0.15, 0.2) is 18.2 Å². The minimum absolute atomic E-state index is 0.250. The van der Waals surface area contributed by atoms with Crippen molar-refractivity contribution in [1.29, 1.82) is 0 Å². The van der Waals surface area contributed by atoms with E-state index in [0.717, 1.165) is 32.4 Å². The number of benzene rings is 1. The summed E-state index contributed by atoms with van der Waals surface area (Å²) in [6, 6.07) is 4.45. The molecule has 1 heterocycles. The van der Waals surface area contributed by atoms with Gasteiger partial charge in [0.15, 0.2) is 0 Å². The highest BCUT2D eigenvalue weighted by atomic mass is 19.1. The first-order valence-corrected chi connectivity index (χ1v) is 6.56. The Morgan fingerprint density at radius 2 is 2.26 bits per heavy atom. The molecule has 1 aliphatic heterocycles. The molecule has 0 bridgehead atoms. The van der Waals surface area contributed by atoms with Crippen molar-refractivity contribution in [2.75, 3.05) is 25.5 Å². The lowest BCUT2D eigenvalue weighted by atomic mass is 10.1. The maximum atomic E-state index is 13.2. The lowest BCUT2D eigenvalue weighted by molar-refractivity contribution is 0.0601. The lowest BCUT2D eigenvalue weighted by Gasteiger charge is -2.19. The van der Waals surface area contributed by atoms with E-state index < -0.39 is 11.8 Å². The molecule has 1 saturated heterocycles. The maximum absolute atomic E-state index is 13.2. The first-order valence-electron chi connectivity index (χ1n) is 6.56. The van der Waals surface area contributed by atoms with Gasteiger partial charge in [-0.15, -0.1) is 0 Å². The molecule has 19 heavy (non-hydrogen) atoms. The Hall–Kier alpha value is -1.62. The van der Waals surface area contributed by atoms with E-state index in [1.54, 1.807) is 6.07 Å². The molecule has 0 saturated carbocycles. The number of methoxy groups -OCH3 is 1. The molecular formula is C14H19FN2O2. The molecule has 104 valence electrons. The molecule has 2 rings (SSSR count). The van der Waals surface area contributed by atoms with Gasteiger partial charge in [0.2, 0.25) is 0 Å². The van der Waals surface area contributed by atoms with E-state index in [0.29, 0.717) is 11.7 Å². The Morgan fingerprint density at radius 3 is 3.05 bits per heavy atom. The van der Waals surface area contributed by atoms with Crippen LogP contribution in [0.4, 0.5) is 10.1 Å². The summed E-state index contributed by atoms with van der Waals surface area (Å²) in [7, 11) is 1.30. The van der Waals surface area contributed by atoms with E-state index >= 15 is 0 Å². The number of hydrogen-bond acceptors (Lipinski definition) is 4. The highest BCUT2D eigenvalue weighted by molar-refractivity contribution is 5.95. The van der Waals surface area contributed by atoms with Gasteiger partial charge in [0.1, 0.15) is 5.82 Å². The van der Waals surface area contributed by atoms with Crippen molar-refractivity contribution in [2.45, 2.75) is 25.3 Å². The van der Waals surface area contributed by atoms with Crippen molar-refractivity contribution >= 4 is 11.7 Å². The highest BCUT2D eigenvalue weighted by Crippen LogP contribution is 2.21. The molecular weight excluding hydrogens is 247 g/mol. The van der Waals surface area contributed by atoms with Crippen LogP contribution in [0, 0.1) is 5.82 Å². The Balaban J connectivity index is 2.16. The van der Waals surface area contributed by atoms with Gasteiger partial charge in [-0.3, -0.25) is 0 Å². The number of carbonyl (C=O) groups excluding carboxylic acids is 1. The van der Waals surface area contributed by atoms with E-state index in [9.17, 15) is 9.18 Å². The Labute approximate surface area is 112 Å². The molecule has 0 amide bonds. The molecule has 0 spiro atoms. The van der Waals surface area contributed by atoms with Crippen molar-refractivity contribution in [2.24, 2.45) is 0 Å². The molecule has 0 radical (unpaired) electrons. The second kappa shape index (κ2) is 6.52. The summed E-state index contributed by atoms with van der Waals surface area (Å²) in [5, 5.41) is 6.65. The Kier molecular flexibility index (Phi) is 4.74. The topological polar surface area (TPSA) is 50.4 Å². The maximum Gasteiger partial charge on any atom is 0.340 e. The zero-order chi connectivity index (χ0) is 13.7. The lowest BCUT2D eigenvalue weighted by Crippen LogP contribution is -2.23. The van der Waals surface area contributed by atoms with E-state index in [2.05, 4.69) is 15.4 Å². The molecule has 0 aliphatic carbocycles. The first-order chi connectivity index (χ1) is 9.20. The van der Waals surface area contributed by atoms with Crippen LogP contribution in [0.2, 0.25) is 0 Å². The minimum atomic E-state index is -0.520. The Bertz CT molecular complexity index is 443. The van der Waals surface area contributed by atoms with Gasteiger partial charge in [0, 0.05) is 11.7 Å². The predicted molar refractivity (Wildman–Crippen MR) is 71.9 cm³/mol. The minimum Gasteiger partial charge on any atom is -0.465 e. The van der Waals surface area contributed by atoms with Gasteiger partial charge in [0.25, 0.3) is 0 Å². The predicted octanol–water partition coefficient (Wildman–Crippen LogP) is 2.17. The highest BCUT2D eigenvalue weighted by Gasteiger charge is 2.17. The number of carbonyl (C=O) groups is 1. The third-order valence-electron chi connectivity index (χ3n) is 3.32. The average Bonchev–Trinajstić information content (AvgIpc) is 2.68. The van der Waals surface area contributed by atoms with Gasteiger partial charge in [-0.25, -0.2) is 9.18 Å². The molecule has 1 aromatic carbocycles. The van der Waals surface area contributed by atoms with Crippen LogP contribution >= 0.6 is 0 Å². The third kappa shape index (κ3) is 3.67. The molecule has 1 fully saturated rings. The van der Waals surface area contributed by atoms with E-state index in [1.165, 1.54) is 19.2 Å². The van der Waals surface area contributed by atoms with Crippen molar-refractivity contribution in [3.05, 3.63) is 29.6 Å². The summed E-state index contributed by atoms with van der Waals surface area (Å²) in [6.07, 6.45) is 3.11. The fourth-order valence-corrected chi connectivity index (χ4v) is 2.30. The molecule has 4 nitrogen and oxygen atoms in total. The molecule has 1 atom stereocenters. The van der Waals surface area contributed by atoms with Gasteiger partial charge in [0.05, 0.1) is 12.7 Å². The van der Waals surface area contributed by atoms with Crippen LogP contribution in [-0.4, -0.2) is 32.2 Å². The molecule has 2 N–H and O–H groups in total. The van der Waals surface area contributed by atoms with Crippen LogP contribution in [0.1, 0.15) is 29.6 Å². The standard InChI is InChI=1S/C14H19FN2O2/c1-19-14(18)12-9-10(15)4-5-13(12)17-11-3-2-7-16-8-6-11/h4-5,9,11,16-17H,2-3,6-8H2,1H3. The number of nitrogens with one attached hydrogen (secondary N) is 2. The summed E-state index contributed by atoms with van der Waals surface area (Å²) in [4.78, 5) is 11.7. The number of halogens is 1. The van der Waals surface area contributed by atoms with E-state index in [-0.39, 0.29) is 5.56 Å². The quantitative estimate of drug-likeness (QED) is 0.823. The zero-order valence-electron chi connectivity index (χ0n) is 11.0. The summed E-state index contributed by atoms with van der Waals surface area (Å²) >= 11 is 0. The first kappa shape index (κ1) is 13.8. The van der Waals surface area contributed by atoms with Crippen LogP contribution in [0.25, 0.3) is 0 Å². The van der Waals surface area contributed by atoms with Gasteiger partial charge in [-0.05, 0) is 50.6 Å². The smallest absolute Gasteiger partial charge is 0.340 e. The summed E-state index contributed by atoms with van der Waals surface area (Å²) in [5.41, 5.74) is 0.889. The summed E-state index contributed by atoms with van der Waals surface area (Å²) in [5.74, 6) is -0.956. The molecule has 1 unspecified atom stereocenters. The van der Waals surface area contributed by atoms with E-state index in [1.807, 2.05) is 0 Å².